The van der Waals surface area contributed by atoms with Gasteiger partial charge in [-0.1, -0.05) is 25.1 Å². The molecule has 0 radical (unpaired) electrons. The van der Waals surface area contributed by atoms with Gasteiger partial charge in [-0.25, -0.2) is 0 Å². The minimum absolute atomic E-state index is 0.0593. The van der Waals surface area contributed by atoms with Crippen molar-refractivity contribution in [1.82, 2.24) is 5.32 Å². The Balaban J connectivity index is 2.05. The summed E-state index contributed by atoms with van der Waals surface area (Å²) in [7, 11) is 1.68. The molecule has 2 rings (SSSR count). The number of anilines is 1. The number of carbonyl (C=O) groups is 1. The van der Waals surface area contributed by atoms with E-state index >= 15 is 0 Å². The lowest BCUT2D eigenvalue weighted by Gasteiger charge is -2.17. The molecule has 3 heteroatoms. The normalized spacial score (nSPS) is 22.8. The maximum Gasteiger partial charge on any atom is 0.224 e. The number of carbonyl (C=O) groups excluding carboxylic acids is 1. The fourth-order valence-electron chi connectivity index (χ4n) is 2.63. The topological polar surface area (TPSA) is 41.1 Å². The van der Waals surface area contributed by atoms with Crippen molar-refractivity contribution in [2.75, 3.05) is 12.4 Å². The van der Waals surface area contributed by atoms with Crippen molar-refractivity contribution in [3.63, 3.8) is 0 Å². The summed E-state index contributed by atoms with van der Waals surface area (Å²) in [6.45, 7) is 2.30. The Kier molecular flexibility index (Phi) is 4.24. The first-order chi connectivity index (χ1) is 8.69. The minimum atomic E-state index is 0.0593. The molecule has 1 aliphatic carbocycles. The van der Waals surface area contributed by atoms with Gasteiger partial charge in [0.25, 0.3) is 0 Å². The number of nitrogens with one attached hydrogen (secondary N) is 2. The molecule has 0 spiro atoms. The van der Waals surface area contributed by atoms with Crippen molar-refractivity contribution < 1.29 is 4.79 Å². The quantitative estimate of drug-likeness (QED) is 0.857. The summed E-state index contributed by atoms with van der Waals surface area (Å²) in [6, 6.07) is 8.66. The molecule has 1 aliphatic rings. The maximum atomic E-state index is 11.5. The van der Waals surface area contributed by atoms with Crippen molar-refractivity contribution >= 4 is 11.6 Å². The summed E-state index contributed by atoms with van der Waals surface area (Å²) >= 11 is 0. The number of amides is 1. The molecule has 0 aliphatic heterocycles. The van der Waals surface area contributed by atoms with Crippen LogP contribution in [0.2, 0.25) is 0 Å². The van der Waals surface area contributed by atoms with Gasteiger partial charge in [0.05, 0.1) is 6.42 Å². The van der Waals surface area contributed by atoms with Gasteiger partial charge in [-0.2, -0.15) is 0 Å². The molecule has 2 unspecified atom stereocenters. The van der Waals surface area contributed by atoms with Crippen LogP contribution < -0.4 is 10.6 Å². The lowest BCUT2D eigenvalue weighted by Crippen LogP contribution is -2.22. The summed E-state index contributed by atoms with van der Waals surface area (Å²) in [5.74, 6) is 0.873. The van der Waals surface area contributed by atoms with Gasteiger partial charge >= 0.3 is 0 Å². The first-order valence-electron chi connectivity index (χ1n) is 6.74. The van der Waals surface area contributed by atoms with Crippen LogP contribution in [-0.2, 0) is 11.2 Å². The van der Waals surface area contributed by atoms with Gasteiger partial charge in [0.15, 0.2) is 0 Å². The highest BCUT2D eigenvalue weighted by atomic mass is 16.1. The van der Waals surface area contributed by atoms with E-state index in [1.807, 2.05) is 18.2 Å². The molecule has 1 fully saturated rings. The van der Waals surface area contributed by atoms with E-state index in [0.29, 0.717) is 12.5 Å². The second kappa shape index (κ2) is 5.89. The summed E-state index contributed by atoms with van der Waals surface area (Å²) < 4.78 is 0. The van der Waals surface area contributed by atoms with Crippen LogP contribution >= 0.6 is 0 Å². The smallest absolute Gasteiger partial charge is 0.224 e. The number of benzene rings is 1. The Morgan fingerprint density at radius 2 is 2.11 bits per heavy atom. The molecule has 0 bridgehead atoms. The molecular formula is C15H22N2O. The number of likely N-dealkylation sites (N-methyl/N-ethyl adjacent to an activating group) is 1. The number of rotatable bonds is 4. The first kappa shape index (κ1) is 12.9. The standard InChI is InChI=1S/C15H22N2O/c1-11-7-8-13(9-11)17-14-6-4-3-5-12(14)10-15(18)16-2/h3-6,11,13,17H,7-10H2,1-2H3,(H,16,18). The second-order valence-corrected chi connectivity index (χ2v) is 5.27. The average molecular weight is 246 g/mol. The fraction of sp³-hybridized carbons (Fsp3) is 0.533. The van der Waals surface area contributed by atoms with Gasteiger partial charge in [0.1, 0.15) is 0 Å². The number of hydrogen-bond acceptors (Lipinski definition) is 2. The van der Waals surface area contributed by atoms with Gasteiger partial charge in [0, 0.05) is 18.8 Å². The van der Waals surface area contributed by atoms with E-state index in [1.165, 1.54) is 19.3 Å². The van der Waals surface area contributed by atoms with Crippen LogP contribution in [0.1, 0.15) is 31.7 Å². The van der Waals surface area contributed by atoms with E-state index in [1.54, 1.807) is 7.05 Å². The molecule has 1 saturated carbocycles. The zero-order valence-electron chi connectivity index (χ0n) is 11.2. The third kappa shape index (κ3) is 3.25. The maximum absolute atomic E-state index is 11.5. The fourth-order valence-corrected chi connectivity index (χ4v) is 2.63. The van der Waals surface area contributed by atoms with Gasteiger partial charge in [-0.15, -0.1) is 0 Å². The van der Waals surface area contributed by atoms with Crippen molar-refractivity contribution in [1.29, 1.82) is 0 Å². The highest BCUT2D eigenvalue weighted by molar-refractivity contribution is 5.80. The lowest BCUT2D eigenvalue weighted by molar-refractivity contribution is -0.119. The summed E-state index contributed by atoms with van der Waals surface area (Å²) in [4.78, 5) is 11.5. The Hall–Kier alpha value is -1.51. The van der Waals surface area contributed by atoms with E-state index < -0.39 is 0 Å². The van der Waals surface area contributed by atoms with Crippen LogP contribution in [0.15, 0.2) is 24.3 Å². The molecule has 1 amide bonds. The molecule has 2 atom stereocenters. The van der Waals surface area contributed by atoms with Crippen LogP contribution in [0.5, 0.6) is 0 Å². The first-order valence-corrected chi connectivity index (χ1v) is 6.74. The molecule has 0 heterocycles. The van der Waals surface area contributed by atoms with Crippen molar-refractivity contribution in [2.45, 2.75) is 38.6 Å². The van der Waals surface area contributed by atoms with E-state index in [9.17, 15) is 4.79 Å². The molecule has 1 aromatic carbocycles. The van der Waals surface area contributed by atoms with Crippen molar-refractivity contribution in [2.24, 2.45) is 5.92 Å². The Morgan fingerprint density at radius 1 is 1.33 bits per heavy atom. The Morgan fingerprint density at radius 3 is 2.78 bits per heavy atom. The molecular weight excluding hydrogens is 224 g/mol. The summed E-state index contributed by atoms with van der Waals surface area (Å²) in [6.07, 6.45) is 4.21. The summed E-state index contributed by atoms with van der Waals surface area (Å²) in [5, 5.41) is 6.26. The predicted octanol–water partition coefficient (Wildman–Crippen LogP) is 2.58. The monoisotopic (exact) mass is 246 g/mol. The highest BCUT2D eigenvalue weighted by Crippen LogP contribution is 2.28. The minimum Gasteiger partial charge on any atom is -0.382 e. The highest BCUT2D eigenvalue weighted by Gasteiger charge is 2.21. The van der Waals surface area contributed by atoms with Gasteiger partial charge in [0.2, 0.25) is 5.91 Å². The van der Waals surface area contributed by atoms with Crippen LogP contribution in [-0.4, -0.2) is 19.0 Å². The Labute approximate surface area is 109 Å². The Bertz CT molecular complexity index is 417. The molecule has 0 saturated heterocycles. The lowest BCUT2D eigenvalue weighted by atomic mass is 10.1. The van der Waals surface area contributed by atoms with E-state index in [2.05, 4.69) is 23.6 Å². The van der Waals surface area contributed by atoms with Crippen molar-refractivity contribution in [3.05, 3.63) is 29.8 Å². The molecule has 0 aromatic heterocycles. The molecule has 18 heavy (non-hydrogen) atoms. The van der Waals surface area contributed by atoms with Gasteiger partial charge in [-0.05, 0) is 36.8 Å². The number of para-hydroxylation sites is 1. The molecule has 1 aromatic rings. The third-order valence-electron chi connectivity index (χ3n) is 3.70. The number of hydrogen-bond donors (Lipinski definition) is 2. The van der Waals surface area contributed by atoms with E-state index in [4.69, 9.17) is 0 Å². The third-order valence-corrected chi connectivity index (χ3v) is 3.70. The van der Waals surface area contributed by atoms with E-state index in [0.717, 1.165) is 17.2 Å². The largest absolute Gasteiger partial charge is 0.382 e. The molecule has 2 N–H and O–H groups in total. The van der Waals surface area contributed by atoms with E-state index in [-0.39, 0.29) is 5.91 Å². The molecule has 3 nitrogen and oxygen atoms in total. The van der Waals surface area contributed by atoms with Crippen LogP contribution in [0.4, 0.5) is 5.69 Å². The zero-order chi connectivity index (χ0) is 13.0. The van der Waals surface area contributed by atoms with Gasteiger partial charge in [-0.3, -0.25) is 4.79 Å². The van der Waals surface area contributed by atoms with Crippen LogP contribution in [0.25, 0.3) is 0 Å². The van der Waals surface area contributed by atoms with Crippen LogP contribution in [0.3, 0.4) is 0 Å². The predicted molar refractivity (Wildman–Crippen MR) is 74.6 cm³/mol. The van der Waals surface area contributed by atoms with Crippen LogP contribution in [0, 0.1) is 5.92 Å². The van der Waals surface area contributed by atoms with Crippen molar-refractivity contribution in [3.8, 4) is 0 Å². The van der Waals surface area contributed by atoms with Gasteiger partial charge < -0.3 is 10.6 Å². The molecule has 98 valence electrons. The second-order valence-electron chi connectivity index (χ2n) is 5.27. The summed E-state index contributed by atoms with van der Waals surface area (Å²) in [5.41, 5.74) is 2.19. The SMILES string of the molecule is CNC(=O)Cc1ccccc1NC1CCC(C)C1. The average Bonchev–Trinajstić information content (AvgIpc) is 2.77. The zero-order valence-corrected chi connectivity index (χ0v) is 11.2.